The smallest absolute Gasteiger partial charge is 0.248 e. The van der Waals surface area contributed by atoms with Gasteiger partial charge in [0.05, 0.1) is 0 Å². The first-order chi connectivity index (χ1) is 5.65. The molecule has 2 N–H and O–H groups in total. The standard InChI is InChI=1S/C10H11NO/c1-3-8-5-4-7(2)9(6-8)10(11)12/h3-6H,1H2,2H3,(H2,11,12). The summed E-state index contributed by atoms with van der Waals surface area (Å²) in [7, 11) is 0. The summed E-state index contributed by atoms with van der Waals surface area (Å²) in [4.78, 5) is 10.9. The fourth-order valence-electron chi connectivity index (χ4n) is 1.03. The zero-order valence-corrected chi connectivity index (χ0v) is 7.00. The van der Waals surface area contributed by atoms with Crippen LogP contribution in [0.3, 0.4) is 0 Å². The Morgan fingerprint density at radius 2 is 2.25 bits per heavy atom. The van der Waals surface area contributed by atoms with Crippen LogP contribution in [-0.4, -0.2) is 5.91 Å². The topological polar surface area (TPSA) is 43.1 Å². The van der Waals surface area contributed by atoms with Crippen LogP contribution in [0.2, 0.25) is 0 Å². The highest BCUT2D eigenvalue weighted by molar-refractivity contribution is 5.94. The van der Waals surface area contributed by atoms with E-state index in [2.05, 4.69) is 6.58 Å². The van der Waals surface area contributed by atoms with Gasteiger partial charge in [-0.25, -0.2) is 0 Å². The summed E-state index contributed by atoms with van der Waals surface area (Å²) in [5.74, 6) is -0.392. The lowest BCUT2D eigenvalue weighted by Crippen LogP contribution is -2.12. The first-order valence-corrected chi connectivity index (χ1v) is 3.68. The molecule has 0 saturated carbocycles. The van der Waals surface area contributed by atoms with Gasteiger partial charge in [0.25, 0.3) is 0 Å². The number of hydrogen-bond donors (Lipinski definition) is 1. The molecule has 1 aromatic rings. The van der Waals surface area contributed by atoms with Crippen LogP contribution < -0.4 is 5.73 Å². The molecule has 0 atom stereocenters. The van der Waals surface area contributed by atoms with Crippen molar-refractivity contribution in [3.05, 3.63) is 41.5 Å². The molecule has 12 heavy (non-hydrogen) atoms. The van der Waals surface area contributed by atoms with Gasteiger partial charge in [-0.05, 0) is 24.1 Å². The van der Waals surface area contributed by atoms with Crippen molar-refractivity contribution < 1.29 is 4.79 Å². The lowest BCUT2D eigenvalue weighted by atomic mass is 10.0. The number of primary amides is 1. The number of carbonyl (C=O) groups excluding carboxylic acids is 1. The Morgan fingerprint density at radius 1 is 1.58 bits per heavy atom. The predicted octanol–water partition coefficient (Wildman–Crippen LogP) is 1.74. The van der Waals surface area contributed by atoms with Gasteiger partial charge in [-0.3, -0.25) is 4.79 Å². The van der Waals surface area contributed by atoms with Crippen LogP contribution in [-0.2, 0) is 0 Å². The Kier molecular flexibility index (Phi) is 2.29. The van der Waals surface area contributed by atoms with Crippen LogP contribution >= 0.6 is 0 Å². The van der Waals surface area contributed by atoms with Crippen molar-refractivity contribution in [1.29, 1.82) is 0 Å². The van der Waals surface area contributed by atoms with Gasteiger partial charge in [0, 0.05) is 5.56 Å². The van der Waals surface area contributed by atoms with Crippen LogP contribution in [0.25, 0.3) is 6.08 Å². The summed E-state index contributed by atoms with van der Waals surface area (Å²) in [6.45, 7) is 5.46. The molecule has 2 heteroatoms. The highest BCUT2D eigenvalue weighted by Gasteiger charge is 2.03. The zero-order chi connectivity index (χ0) is 9.14. The highest BCUT2D eigenvalue weighted by Crippen LogP contribution is 2.11. The van der Waals surface area contributed by atoms with Crippen LogP contribution in [0.1, 0.15) is 21.5 Å². The van der Waals surface area contributed by atoms with Crippen LogP contribution in [0.15, 0.2) is 24.8 Å². The van der Waals surface area contributed by atoms with E-state index in [4.69, 9.17) is 5.73 Å². The van der Waals surface area contributed by atoms with Crippen molar-refractivity contribution in [1.82, 2.24) is 0 Å². The summed E-state index contributed by atoms with van der Waals surface area (Å²) in [6, 6.07) is 5.50. The number of benzene rings is 1. The molecule has 0 spiro atoms. The summed E-state index contributed by atoms with van der Waals surface area (Å²) < 4.78 is 0. The fraction of sp³-hybridized carbons (Fsp3) is 0.100. The van der Waals surface area contributed by atoms with Gasteiger partial charge in [0.2, 0.25) is 5.91 Å². The van der Waals surface area contributed by atoms with Gasteiger partial charge in [-0.15, -0.1) is 0 Å². The summed E-state index contributed by atoms with van der Waals surface area (Å²) in [6.07, 6.45) is 1.69. The second kappa shape index (κ2) is 3.22. The highest BCUT2D eigenvalue weighted by atomic mass is 16.1. The summed E-state index contributed by atoms with van der Waals surface area (Å²) in [5.41, 5.74) is 7.54. The summed E-state index contributed by atoms with van der Waals surface area (Å²) in [5, 5.41) is 0. The second-order valence-corrected chi connectivity index (χ2v) is 2.64. The third kappa shape index (κ3) is 1.53. The Balaban J connectivity index is 3.25. The molecular formula is C10H11NO. The molecule has 0 bridgehead atoms. The minimum Gasteiger partial charge on any atom is -0.366 e. The van der Waals surface area contributed by atoms with E-state index in [9.17, 15) is 4.79 Å². The van der Waals surface area contributed by atoms with E-state index in [0.717, 1.165) is 11.1 Å². The molecule has 2 nitrogen and oxygen atoms in total. The molecule has 0 saturated heterocycles. The Labute approximate surface area is 71.7 Å². The lowest BCUT2D eigenvalue weighted by Gasteiger charge is -2.01. The molecule has 0 unspecified atom stereocenters. The van der Waals surface area contributed by atoms with E-state index in [1.165, 1.54) is 0 Å². The maximum absolute atomic E-state index is 10.9. The first kappa shape index (κ1) is 8.53. The average molecular weight is 161 g/mol. The monoisotopic (exact) mass is 161 g/mol. The predicted molar refractivity (Wildman–Crippen MR) is 49.8 cm³/mol. The number of aryl methyl sites for hydroxylation is 1. The van der Waals surface area contributed by atoms with E-state index in [1.807, 2.05) is 19.1 Å². The number of carbonyl (C=O) groups is 1. The van der Waals surface area contributed by atoms with Gasteiger partial charge in [-0.2, -0.15) is 0 Å². The van der Waals surface area contributed by atoms with E-state index in [0.29, 0.717) is 5.56 Å². The molecule has 0 aliphatic rings. The number of rotatable bonds is 2. The van der Waals surface area contributed by atoms with E-state index in [-0.39, 0.29) is 0 Å². The molecule has 0 fully saturated rings. The zero-order valence-electron chi connectivity index (χ0n) is 7.00. The molecule has 1 amide bonds. The maximum Gasteiger partial charge on any atom is 0.248 e. The Hall–Kier alpha value is -1.57. The van der Waals surface area contributed by atoms with Crippen molar-refractivity contribution in [2.75, 3.05) is 0 Å². The van der Waals surface area contributed by atoms with Crippen molar-refractivity contribution in [3.8, 4) is 0 Å². The molecule has 62 valence electrons. The molecule has 1 aromatic carbocycles. The van der Waals surface area contributed by atoms with Crippen molar-refractivity contribution in [2.24, 2.45) is 5.73 Å². The largest absolute Gasteiger partial charge is 0.366 e. The SMILES string of the molecule is C=Cc1ccc(C)c(C(N)=O)c1. The van der Waals surface area contributed by atoms with Crippen LogP contribution in [0.4, 0.5) is 0 Å². The minimum atomic E-state index is -0.392. The molecule has 0 aliphatic carbocycles. The third-order valence-corrected chi connectivity index (χ3v) is 1.76. The molecular weight excluding hydrogens is 150 g/mol. The Bertz CT molecular complexity index is 329. The van der Waals surface area contributed by atoms with E-state index in [1.54, 1.807) is 12.1 Å². The fourth-order valence-corrected chi connectivity index (χ4v) is 1.03. The van der Waals surface area contributed by atoms with Crippen LogP contribution in [0, 0.1) is 6.92 Å². The molecule has 0 radical (unpaired) electrons. The third-order valence-electron chi connectivity index (χ3n) is 1.76. The average Bonchev–Trinajstić information content (AvgIpc) is 2.05. The molecule has 0 aromatic heterocycles. The number of nitrogens with two attached hydrogens (primary N) is 1. The van der Waals surface area contributed by atoms with Gasteiger partial charge in [0.1, 0.15) is 0 Å². The van der Waals surface area contributed by atoms with Gasteiger partial charge in [0.15, 0.2) is 0 Å². The maximum atomic E-state index is 10.9. The van der Waals surface area contributed by atoms with Gasteiger partial charge >= 0.3 is 0 Å². The molecule has 1 rings (SSSR count). The minimum absolute atomic E-state index is 0.392. The van der Waals surface area contributed by atoms with Gasteiger partial charge < -0.3 is 5.73 Å². The van der Waals surface area contributed by atoms with Crippen LogP contribution in [0.5, 0.6) is 0 Å². The van der Waals surface area contributed by atoms with Crippen molar-refractivity contribution in [2.45, 2.75) is 6.92 Å². The lowest BCUT2D eigenvalue weighted by molar-refractivity contribution is 0.0999. The Morgan fingerprint density at radius 3 is 2.75 bits per heavy atom. The summed E-state index contributed by atoms with van der Waals surface area (Å²) >= 11 is 0. The van der Waals surface area contributed by atoms with Crippen molar-refractivity contribution in [3.63, 3.8) is 0 Å². The normalized spacial score (nSPS) is 9.42. The molecule has 0 aliphatic heterocycles. The van der Waals surface area contributed by atoms with E-state index >= 15 is 0 Å². The molecule has 0 heterocycles. The first-order valence-electron chi connectivity index (χ1n) is 3.68. The van der Waals surface area contributed by atoms with Gasteiger partial charge in [-0.1, -0.05) is 24.8 Å². The quantitative estimate of drug-likeness (QED) is 0.705. The number of amides is 1. The van der Waals surface area contributed by atoms with Crippen molar-refractivity contribution >= 4 is 12.0 Å². The number of hydrogen-bond acceptors (Lipinski definition) is 1. The van der Waals surface area contributed by atoms with E-state index < -0.39 is 5.91 Å². The second-order valence-electron chi connectivity index (χ2n) is 2.64.